The molecule has 0 bridgehead atoms. The first kappa shape index (κ1) is 21.2. The van der Waals surface area contributed by atoms with Crippen molar-refractivity contribution in [2.45, 2.75) is 31.6 Å². The first-order valence-electron chi connectivity index (χ1n) is 11.5. The summed E-state index contributed by atoms with van der Waals surface area (Å²) in [5, 5.41) is 0. The van der Waals surface area contributed by atoms with E-state index in [2.05, 4.69) is 112 Å². The van der Waals surface area contributed by atoms with Gasteiger partial charge >= 0.3 is 0 Å². The summed E-state index contributed by atoms with van der Waals surface area (Å²) in [6, 6.07) is 29.0. The second kappa shape index (κ2) is 7.58. The van der Waals surface area contributed by atoms with Crippen LogP contribution in [0, 0.1) is 12.8 Å². The normalized spacial score (nSPS) is 19.8. The van der Waals surface area contributed by atoms with Gasteiger partial charge < -0.3 is 5.73 Å². The second-order valence-electron chi connectivity index (χ2n) is 9.64. The van der Waals surface area contributed by atoms with Gasteiger partial charge in [0.1, 0.15) is 0 Å². The second-order valence-corrected chi connectivity index (χ2v) is 11.5. The fourth-order valence-corrected chi connectivity index (χ4v) is 6.54. The number of anilines is 1. The molecule has 0 radical (unpaired) electrons. The van der Waals surface area contributed by atoms with E-state index in [4.69, 9.17) is 5.73 Å². The zero-order chi connectivity index (χ0) is 22.9. The highest BCUT2D eigenvalue weighted by molar-refractivity contribution is 9.10. The monoisotopic (exact) mass is 557 g/mol. The van der Waals surface area contributed by atoms with Crippen molar-refractivity contribution in [1.29, 1.82) is 0 Å². The van der Waals surface area contributed by atoms with Crippen LogP contribution in [0.1, 0.15) is 52.6 Å². The highest BCUT2D eigenvalue weighted by Crippen LogP contribution is 2.58. The minimum atomic E-state index is -0.410. The van der Waals surface area contributed by atoms with Gasteiger partial charge in [-0.2, -0.15) is 0 Å². The number of nitrogen functional groups attached to an aromatic ring is 1. The van der Waals surface area contributed by atoms with Crippen molar-refractivity contribution in [1.82, 2.24) is 0 Å². The summed E-state index contributed by atoms with van der Waals surface area (Å²) >= 11 is 7.54. The van der Waals surface area contributed by atoms with Crippen molar-refractivity contribution < 1.29 is 0 Å². The Morgan fingerprint density at radius 3 is 1.85 bits per heavy atom. The van der Waals surface area contributed by atoms with Crippen LogP contribution < -0.4 is 5.73 Å². The standard InChI is InChI=1S/C30H25Br2N/c1-17-3-4-20(14-27(17)26-13-18(26)2)30(19-5-9-23(33)10-6-19)28-15-21(31)7-11-24(28)25-12-8-22(32)16-29(25)30/h3-12,14-16,18,26H,13,33H2,1-2H3/t18?,26-/m0/s1. The molecule has 164 valence electrons. The van der Waals surface area contributed by atoms with Crippen LogP contribution in [0.2, 0.25) is 0 Å². The van der Waals surface area contributed by atoms with Crippen molar-refractivity contribution in [2.24, 2.45) is 5.92 Å². The lowest BCUT2D eigenvalue weighted by Crippen LogP contribution is -2.29. The molecule has 0 aromatic heterocycles. The maximum atomic E-state index is 6.14. The number of rotatable bonds is 3. The molecule has 1 nitrogen and oxygen atoms in total. The quantitative estimate of drug-likeness (QED) is 0.220. The Hall–Kier alpha value is -2.36. The zero-order valence-electron chi connectivity index (χ0n) is 18.7. The van der Waals surface area contributed by atoms with Crippen LogP contribution in [-0.4, -0.2) is 0 Å². The number of aryl methyl sites for hydroxylation is 1. The Labute approximate surface area is 212 Å². The third kappa shape index (κ3) is 3.16. The molecular formula is C30H25Br2N. The number of nitrogens with two attached hydrogens (primary N) is 1. The number of fused-ring (bicyclic) bond motifs is 3. The van der Waals surface area contributed by atoms with Gasteiger partial charge in [0.25, 0.3) is 0 Å². The van der Waals surface area contributed by atoms with Gasteiger partial charge in [-0.15, -0.1) is 0 Å². The van der Waals surface area contributed by atoms with E-state index in [0.29, 0.717) is 5.92 Å². The lowest BCUT2D eigenvalue weighted by molar-refractivity contribution is 0.762. The Morgan fingerprint density at radius 2 is 1.30 bits per heavy atom. The van der Waals surface area contributed by atoms with Crippen LogP contribution in [-0.2, 0) is 5.41 Å². The van der Waals surface area contributed by atoms with Crippen molar-refractivity contribution in [3.8, 4) is 11.1 Å². The number of hydrogen-bond donors (Lipinski definition) is 1. The van der Waals surface area contributed by atoms with Gasteiger partial charge in [-0.25, -0.2) is 0 Å². The van der Waals surface area contributed by atoms with Gasteiger partial charge in [0.15, 0.2) is 0 Å². The molecule has 2 aliphatic carbocycles. The molecular weight excluding hydrogens is 534 g/mol. The summed E-state index contributed by atoms with van der Waals surface area (Å²) in [7, 11) is 0. The van der Waals surface area contributed by atoms with Crippen molar-refractivity contribution in [2.75, 3.05) is 5.73 Å². The molecule has 3 heteroatoms. The fraction of sp³-hybridized carbons (Fsp3) is 0.200. The molecule has 1 fully saturated rings. The first-order chi connectivity index (χ1) is 15.9. The Morgan fingerprint density at radius 1 is 0.758 bits per heavy atom. The SMILES string of the molecule is Cc1ccc(C2(c3ccc(N)cc3)c3cc(Br)ccc3-c3ccc(Br)cc32)cc1[C@H]1CC1C. The molecule has 6 rings (SSSR count). The average molecular weight is 559 g/mol. The Bertz CT molecular complexity index is 1350. The van der Waals surface area contributed by atoms with Gasteiger partial charge in [-0.1, -0.05) is 81.2 Å². The van der Waals surface area contributed by atoms with Crippen molar-refractivity contribution in [3.63, 3.8) is 0 Å². The van der Waals surface area contributed by atoms with E-state index in [0.717, 1.165) is 20.6 Å². The molecule has 1 unspecified atom stereocenters. The van der Waals surface area contributed by atoms with Crippen LogP contribution in [0.15, 0.2) is 87.8 Å². The molecule has 0 aliphatic heterocycles. The summed E-state index contributed by atoms with van der Waals surface area (Å²) < 4.78 is 2.19. The van der Waals surface area contributed by atoms with Crippen LogP contribution in [0.5, 0.6) is 0 Å². The van der Waals surface area contributed by atoms with E-state index in [1.807, 2.05) is 12.1 Å². The van der Waals surface area contributed by atoms with Crippen molar-refractivity contribution >= 4 is 37.5 Å². The van der Waals surface area contributed by atoms with E-state index < -0.39 is 5.41 Å². The predicted molar refractivity (Wildman–Crippen MR) is 145 cm³/mol. The molecule has 0 spiro atoms. The molecule has 0 saturated heterocycles. The van der Waals surface area contributed by atoms with Crippen LogP contribution in [0.4, 0.5) is 5.69 Å². The topological polar surface area (TPSA) is 26.0 Å². The molecule has 33 heavy (non-hydrogen) atoms. The van der Waals surface area contributed by atoms with Gasteiger partial charge in [0.05, 0.1) is 5.41 Å². The molecule has 4 aromatic carbocycles. The molecule has 0 amide bonds. The minimum Gasteiger partial charge on any atom is -0.399 e. The van der Waals surface area contributed by atoms with E-state index >= 15 is 0 Å². The van der Waals surface area contributed by atoms with E-state index in [9.17, 15) is 0 Å². The lowest BCUT2D eigenvalue weighted by Gasteiger charge is -2.34. The van der Waals surface area contributed by atoms with E-state index in [1.165, 1.54) is 50.9 Å². The third-order valence-electron chi connectivity index (χ3n) is 7.63. The maximum absolute atomic E-state index is 6.14. The number of benzene rings is 4. The molecule has 2 N–H and O–H groups in total. The van der Waals surface area contributed by atoms with E-state index in [1.54, 1.807) is 0 Å². The molecule has 2 atom stereocenters. The van der Waals surface area contributed by atoms with Gasteiger partial charge in [-0.3, -0.25) is 0 Å². The van der Waals surface area contributed by atoms with Crippen LogP contribution in [0.3, 0.4) is 0 Å². The first-order valence-corrected chi connectivity index (χ1v) is 13.1. The smallest absolute Gasteiger partial charge is 0.0714 e. The summed E-state index contributed by atoms with van der Waals surface area (Å²) in [6.07, 6.45) is 1.28. The van der Waals surface area contributed by atoms with Crippen LogP contribution in [0.25, 0.3) is 11.1 Å². The molecule has 2 aliphatic rings. The number of halogens is 2. The van der Waals surface area contributed by atoms with Gasteiger partial charge in [-0.05, 0) is 106 Å². The highest BCUT2D eigenvalue weighted by atomic mass is 79.9. The minimum absolute atomic E-state index is 0.410. The molecule has 4 aromatic rings. The third-order valence-corrected chi connectivity index (χ3v) is 8.61. The summed E-state index contributed by atoms with van der Waals surface area (Å²) in [4.78, 5) is 0. The fourth-order valence-electron chi connectivity index (χ4n) is 5.82. The Kier molecular flexibility index (Phi) is 4.87. The van der Waals surface area contributed by atoms with E-state index in [-0.39, 0.29) is 0 Å². The molecule has 1 saturated carbocycles. The van der Waals surface area contributed by atoms with Crippen molar-refractivity contribution in [3.05, 3.63) is 121 Å². The predicted octanol–water partition coefficient (Wildman–Crippen LogP) is 8.59. The summed E-state index contributed by atoms with van der Waals surface area (Å²) in [5.74, 6) is 1.43. The Balaban J connectivity index is 1.75. The molecule has 0 heterocycles. The largest absolute Gasteiger partial charge is 0.399 e. The summed E-state index contributed by atoms with van der Waals surface area (Å²) in [6.45, 7) is 4.62. The highest BCUT2D eigenvalue weighted by Gasteiger charge is 2.47. The van der Waals surface area contributed by atoms with Gasteiger partial charge in [0.2, 0.25) is 0 Å². The summed E-state index contributed by atoms with van der Waals surface area (Å²) in [5.41, 5.74) is 17.2. The average Bonchev–Trinajstić information content (AvgIpc) is 3.46. The maximum Gasteiger partial charge on any atom is 0.0714 e. The number of hydrogen-bond acceptors (Lipinski definition) is 1. The van der Waals surface area contributed by atoms with Gasteiger partial charge in [0, 0.05) is 14.6 Å². The van der Waals surface area contributed by atoms with Crippen LogP contribution >= 0.6 is 31.9 Å². The zero-order valence-corrected chi connectivity index (χ0v) is 21.9. The lowest BCUT2D eigenvalue weighted by atomic mass is 9.67.